The summed E-state index contributed by atoms with van der Waals surface area (Å²) in [6.07, 6.45) is 4.48. The number of pyridine rings is 1. The summed E-state index contributed by atoms with van der Waals surface area (Å²) in [5.41, 5.74) is 2.36. The molecular weight excluding hydrogens is 442 g/mol. The number of aromatic nitrogens is 3. The molecule has 1 aliphatic carbocycles. The van der Waals surface area contributed by atoms with Crippen molar-refractivity contribution < 1.29 is 18.5 Å². The van der Waals surface area contributed by atoms with Gasteiger partial charge in [0.2, 0.25) is 5.88 Å². The maximum absolute atomic E-state index is 12.4. The van der Waals surface area contributed by atoms with Crippen molar-refractivity contribution >= 4 is 28.4 Å². The van der Waals surface area contributed by atoms with Crippen LogP contribution in [0.25, 0.3) is 0 Å². The van der Waals surface area contributed by atoms with E-state index >= 15 is 0 Å². The summed E-state index contributed by atoms with van der Waals surface area (Å²) in [4.78, 5) is 27.0. The molecular formula is C23H31N5O4S. The van der Waals surface area contributed by atoms with Crippen LogP contribution >= 0.6 is 0 Å². The van der Waals surface area contributed by atoms with E-state index in [4.69, 9.17) is 9.47 Å². The average molecular weight is 474 g/mol. The van der Waals surface area contributed by atoms with Gasteiger partial charge in [0.05, 0.1) is 33.8 Å². The van der Waals surface area contributed by atoms with Crippen LogP contribution in [0.5, 0.6) is 5.88 Å². The smallest absolute Gasteiger partial charge is 0.410 e. The van der Waals surface area contributed by atoms with E-state index in [0.29, 0.717) is 42.7 Å². The zero-order chi connectivity index (χ0) is 23.5. The van der Waals surface area contributed by atoms with Gasteiger partial charge in [-0.1, -0.05) is 0 Å². The second-order valence-corrected chi connectivity index (χ2v) is 10.5. The number of carbonyl (C=O) groups is 1. The second kappa shape index (κ2) is 10.0. The molecule has 10 heteroatoms. The fraction of sp³-hybridized carbons (Fsp3) is 0.565. The third-order valence-corrected chi connectivity index (χ3v) is 7.42. The van der Waals surface area contributed by atoms with E-state index in [-0.39, 0.29) is 23.6 Å². The van der Waals surface area contributed by atoms with Crippen LogP contribution in [-0.2, 0) is 15.5 Å². The van der Waals surface area contributed by atoms with Crippen molar-refractivity contribution in [1.29, 1.82) is 0 Å². The number of likely N-dealkylation sites (tertiary alicyclic amines) is 1. The number of aryl methyl sites for hydroxylation is 1. The van der Waals surface area contributed by atoms with E-state index in [1.807, 2.05) is 39.8 Å². The minimum Gasteiger partial charge on any atom is -0.474 e. The molecule has 1 amide bonds. The van der Waals surface area contributed by atoms with Crippen LogP contribution in [0.15, 0.2) is 23.5 Å². The molecule has 1 saturated carbocycles. The summed E-state index contributed by atoms with van der Waals surface area (Å²) in [7, 11) is -1.03. The van der Waals surface area contributed by atoms with Gasteiger partial charge in [0.15, 0.2) is 0 Å². The highest BCUT2D eigenvalue weighted by Crippen LogP contribution is 2.31. The van der Waals surface area contributed by atoms with Crippen LogP contribution in [-0.4, -0.2) is 60.7 Å². The Morgan fingerprint density at radius 3 is 2.52 bits per heavy atom. The number of ether oxygens (including phenoxy) is 2. The van der Waals surface area contributed by atoms with Crippen LogP contribution < -0.4 is 10.1 Å². The minimum atomic E-state index is -1.03. The first-order valence-electron chi connectivity index (χ1n) is 11.4. The minimum absolute atomic E-state index is 0.0327. The molecule has 0 radical (unpaired) electrons. The van der Waals surface area contributed by atoms with Crippen LogP contribution in [0.1, 0.15) is 50.8 Å². The van der Waals surface area contributed by atoms with Gasteiger partial charge in [-0.2, -0.15) is 0 Å². The number of nitrogens with one attached hydrogen (secondary N) is 1. The van der Waals surface area contributed by atoms with E-state index in [1.54, 1.807) is 4.90 Å². The Morgan fingerprint density at radius 1 is 1.15 bits per heavy atom. The molecule has 2 aromatic rings. The van der Waals surface area contributed by atoms with Crippen LogP contribution in [0.2, 0.25) is 0 Å². The standard InChI is InChI=1S/C23H31N5O4S/c1-14(2)31-23(29)28-11-9-17(10-12-28)32-22-15(3)21(24-13-25-22)27-19-7-8-20(26-16(19)4)33(30)18-5-6-18/h7-8,13-14,17-18H,5-6,9-12H2,1-4H3,(H,24,25,27). The molecule has 4 rings (SSSR count). The molecule has 1 aliphatic heterocycles. The lowest BCUT2D eigenvalue weighted by Gasteiger charge is -2.32. The van der Waals surface area contributed by atoms with Gasteiger partial charge in [0, 0.05) is 31.2 Å². The predicted molar refractivity (Wildman–Crippen MR) is 125 cm³/mol. The van der Waals surface area contributed by atoms with Crippen molar-refractivity contribution in [2.24, 2.45) is 0 Å². The largest absolute Gasteiger partial charge is 0.474 e. The molecule has 3 heterocycles. The van der Waals surface area contributed by atoms with E-state index < -0.39 is 10.8 Å². The van der Waals surface area contributed by atoms with Gasteiger partial charge < -0.3 is 19.7 Å². The Labute approximate surface area is 196 Å². The number of nitrogens with zero attached hydrogens (tertiary/aromatic N) is 4. The molecule has 1 N–H and O–H groups in total. The van der Waals surface area contributed by atoms with Gasteiger partial charge in [0.25, 0.3) is 0 Å². The molecule has 0 aromatic carbocycles. The Balaban J connectivity index is 1.38. The molecule has 1 atom stereocenters. The van der Waals surface area contributed by atoms with Crippen molar-refractivity contribution in [1.82, 2.24) is 19.9 Å². The number of rotatable bonds is 7. The first kappa shape index (κ1) is 23.4. The fourth-order valence-electron chi connectivity index (χ4n) is 3.63. The Hall–Kier alpha value is -2.75. The molecule has 178 valence electrons. The Kier molecular flexibility index (Phi) is 7.11. The number of carbonyl (C=O) groups excluding carboxylic acids is 1. The third kappa shape index (κ3) is 5.79. The van der Waals surface area contributed by atoms with Crippen LogP contribution in [0.4, 0.5) is 16.3 Å². The highest BCUT2D eigenvalue weighted by molar-refractivity contribution is 7.85. The average Bonchev–Trinajstić information content (AvgIpc) is 3.63. The molecule has 0 bridgehead atoms. The first-order valence-corrected chi connectivity index (χ1v) is 12.6. The number of piperidine rings is 1. The summed E-state index contributed by atoms with van der Waals surface area (Å²) < 4.78 is 23.8. The highest BCUT2D eigenvalue weighted by atomic mass is 32.2. The second-order valence-electron chi connectivity index (χ2n) is 8.79. The summed E-state index contributed by atoms with van der Waals surface area (Å²) in [5.74, 6) is 1.16. The SMILES string of the molecule is Cc1nc(S(=O)C2CC2)ccc1Nc1ncnc(OC2CCN(C(=O)OC(C)C)CC2)c1C. The zero-order valence-corrected chi connectivity index (χ0v) is 20.4. The van der Waals surface area contributed by atoms with E-state index in [0.717, 1.165) is 29.8 Å². The van der Waals surface area contributed by atoms with Crippen LogP contribution in [0, 0.1) is 13.8 Å². The number of anilines is 2. The molecule has 1 unspecified atom stereocenters. The van der Waals surface area contributed by atoms with Crippen molar-refractivity contribution in [2.45, 2.75) is 75.9 Å². The Bertz CT molecular complexity index is 1040. The van der Waals surface area contributed by atoms with Gasteiger partial charge in [-0.3, -0.25) is 4.21 Å². The quantitative estimate of drug-likeness (QED) is 0.645. The lowest BCUT2D eigenvalue weighted by molar-refractivity contribution is 0.0505. The predicted octanol–water partition coefficient (Wildman–Crippen LogP) is 3.89. The summed E-state index contributed by atoms with van der Waals surface area (Å²) in [6.45, 7) is 8.67. The van der Waals surface area contributed by atoms with E-state index in [2.05, 4.69) is 20.3 Å². The normalized spacial score (nSPS) is 17.7. The number of hydrogen-bond acceptors (Lipinski definition) is 8. The molecule has 1 saturated heterocycles. The monoisotopic (exact) mass is 473 g/mol. The van der Waals surface area contributed by atoms with Gasteiger partial charge in [-0.15, -0.1) is 0 Å². The van der Waals surface area contributed by atoms with Gasteiger partial charge >= 0.3 is 6.09 Å². The van der Waals surface area contributed by atoms with E-state index in [1.165, 1.54) is 6.33 Å². The van der Waals surface area contributed by atoms with Gasteiger partial charge in [0.1, 0.15) is 23.3 Å². The van der Waals surface area contributed by atoms with Crippen molar-refractivity contribution in [3.8, 4) is 5.88 Å². The van der Waals surface area contributed by atoms with Crippen molar-refractivity contribution in [3.05, 3.63) is 29.7 Å². The van der Waals surface area contributed by atoms with Crippen molar-refractivity contribution in [2.75, 3.05) is 18.4 Å². The topological polar surface area (TPSA) is 107 Å². The molecule has 2 aliphatic rings. The summed E-state index contributed by atoms with van der Waals surface area (Å²) in [6, 6.07) is 3.71. The Morgan fingerprint density at radius 2 is 1.88 bits per heavy atom. The van der Waals surface area contributed by atoms with Gasteiger partial charge in [-0.25, -0.2) is 19.7 Å². The lowest BCUT2D eigenvalue weighted by Crippen LogP contribution is -2.42. The zero-order valence-electron chi connectivity index (χ0n) is 19.5. The molecule has 33 heavy (non-hydrogen) atoms. The third-order valence-electron chi connectivity index (χ3n) is 5.70. The lowest BCUT2D eigenvalue weighted by atomic mass is 10.1. The number of hydrogen-bond donors (Lipinski definition) is 1. The van der Waals surface area contributed by atoms with Crippen LogP contribution in [0.3, 0.4) is 0 Å². The molecule has 0 spiro atoms. The first-order chi connectivity index (χ1) is 15.8. The van der Waals surface area contributed by atoms with E-state index in [9.17, 15) is 9.00 Å². The highest BCUT2D eigenvalue weighted by Gasteiger charge is 2.30. The molecule has 2 aromatic heterocycles. The molecule has 9 nitrogen and oxygen atoms in total. The van der Waals surface area contributed by atoms with Gasteiger partial charge in [-0.05, 0) is 52.7 Å². The molecule has 2 fully saturated rings. The fourth-order valence-corrected chi connectivity index (χ4v) is 4.97. The van der Waals surface area contributed by atoms with Crippen molar-refractivity contribution in [3.63, 3.8) is 0 Å². The summed E-state index contributed by atoms with van der Waals surface area (Å²) in [5, 5.41) is 4.20. The maximum Gasteiger partial charge on any atom is 0.410 e. The summed E-state index contributed by atoms with van der Waals surface area (Å²) >= 11 is 0. The maximum atomic E-state index is 12.4. The number of amides is 1.